The van der Waals surface area contributed by atoms with Crippen LogP contribution in [-0.2, 0) is 7.05 Å². The number of rotatable bonds is 1. The molecule has 3 rings (SSSR count). The normalized spacial score (nSPS) is 10.9. The third-order valence-corrected chi connectivity index (χ3v) is 3.03. The van der Waals surface area contributed by atoms with Crippen LogP contribution in [0.1, 0.15) is 0 Å². The van der Waals surface area contributed by atoms with Crippen LogP contribution < -0.4 is 11.5 Å². The molecule has 0 aliphatic rings. The Kier molecular flexibility index (Phi) is 2.19. The number of hydrogen-bond acceptors (Lipinski definition) is 4. The molecule has 0 bridgehead atoms. The fraction of sp³-hybridized carbons (Fsp3) is 0.0769. The van der Waals surface area contributed by atoms with Crippen molar-refractivity contribution in [3.63, 3.8) is 0 Å². The van der Waals surface area contributed by atoms with Crippen molar-refractivity contribution in [2.75, 3.05) is 11.5 Å². The second-order valence-corrected chi connectivity index (χ2v) is 4.23. The monoisotopic (exact) mass is 239 g/mol. The number of nitrogen functional groups attached to an aromatic ring is 2. The summed E-state index contributed by atoms with van der Waals surface area (Å²) in [6.07, 6.45) is 3.68. The topological polar surface area (TPSA) is 82.8 Å². The van der Waals surface area contributed by atoms with Crippen molar-refractivity contribution in [3.05, 3.63) is 36.7 Å². The van der Waals surface area contributed by atoms with E-state index in [4.69, 9.17) is 11.5 Å². The van der Waals surface area contributed by atoms with Crippen molar-refractivity contribution in [3.8, 4) is 11.1 Å². The zero-order valence-corrected chi connectivity index (χ0v) is 9.96. The van der Waals surface area contributed by atoms with Gasteiger partial charge in [-0.15, -0.1) is 0 Å². The number of fused-ring (bicyclic) bond motifs is 1. The lowest BCUT2D eigenvalue weighted by molar-refractivity contribution is 0.969. The molecule has 0 aliphatic heterocycles. The average Bonchev–Trinajstić information content (AvgIpc) is 2.71. The number of aryl methyl sites for hydroxylation is 1. The first-order valence-corrected chi connectivity index (χ1v) is 5.58. The number of nitrogens with zero attached hydrogens (tertiary/aromatic N) is 3. The highest BCUT2D eigenvalue weighted by atomic mass is 15.0. The highest BCUT2D eigenvalue weighted by Gasteiger charge is 2.07. The zero-order valence-electron chi connectivity index (χ0n) is 9.96. The van der Waals surface area contributed by atoms with Gasteiger partial charge in [-0.25, -0.2) is 4.98 Å². The highest BCUT2D eigenvalue weighted by molar-refractivity contribution is 5.87. The second-order valence-electron chi connectivity index (χ2n) is 4.23. The molecule has 2 heterocycles. The SMILES string of the molecule is Cn1ccc2cc(-c3cnc(N)nc3N)ccc21. The summed E-state index contributed by atoms with van der Waals surface area (Å²) in [7, 11) is 2.02. The highest BCUT2D eigenvalue weighted by Crippen LogP contribution is 2.27. The van der Waals surface area contributed by atoms with Crippen molar-refractivity contribution < 1.29 is 0 Å². The Hall–Kier alpha value is -2.56. The van der Waals surface area contributed by atoms with Gasteiger partial charge >= 0.3 is 0 Å². The van der Waals surface area contributed by atoms with Gasteiger partial charge in [-0.3, -0.25) is 0 Å². The summed E-state index contributed by atoms with van der Waals surface area (Å²) >= 11 is 0. The zero-order chi connectivity index (χ0) is 12.7. The Balaban J connectivity index is 2.19. The first-order valence-electron chi connectivity index (χ1n) is 5.58. The minimum Gasteiger partial charge on any atom is -0.383 e. The Morgan fingerprint density at radius 1 is 1.17 bits per heavy atom. The van der Waals surface area contributed by atoms with Crippen molar-refractivity contribution in [2.45, 2.75) is 0 Å². The summed E-state index contributed by atoms with van der Waals surface area (Å²) in [5.41, 5.74) is 14.3. The van der Waals surface area contributed by atoms with Gasteiger partial charge in [-0.2, -0.15) is 4.98 Å². The van der Waals surface area contributed by atoms with E-state index in [1.54, 1.807) is 6.20 Å². The van der Waals surface area contributed by atoms with Crippen molar-refractivity contribution in [1.29, 1.82) is 0 Å². The van der Waals surface area contributed by atoms with E-state index in [9.17, 15) is 0 Å². The quantitative estimate of drug-likeness (QED) is 0.678. The fourth-order valence-corrected chi connectivity index (χ4v) is 2.08. The van der Waals surface area contributed by atoms with E-state index in [1.807, 2.05) is 19.3 Å². The molecule has 2 aromatic heterocycles. The Bertz CT molecular complexity index is 729. The van der Waals surface area contributed by atoms with Crippen LogP contribution in [0.5, 0.6) is 0 Å². The fourth-order valence-electron chi connectivity index (χ4n) is 2.08. The van der Waals surface area contributed by atoms with Crippen molar-refractivity contribution in [1.82, 2.24) is 14.5 Å². The molecule has 0 unspecified atom stereocenters. The molecule has 0 saturated carbocycles. The second kappa shape index (κ2) is 3.73. The molecule has 4 N–H and O–H groups in total. The summed E-state index contributed by atoms with van der Waals surface area (Å²) in [6, 6.07) is 8.20. The van der Waals surface area contributed by atoms with Crippen LogP contribution in [0.15, 0.2) is 36.7 Å². The first-order chi connectivity index (χ1) is 8.65. The number of anilines is 2. The Labute approximate surface area is 104 Å². The molecule has 0 saturated heterocycles. The van der Waals surface area contributed by atoms with Gasteiger partial charge < -0.3 is 16.0 Å². The third-order valence-electron chi connectivity index (χ3n) is 3.03. The Morgan fingerprint density at radius 3 is 2.78 bits per heavy atom. The minimum atomic E-state index is 0.192. The van der Waals surface area contributed by atoms with Crippen LogP contribution in [-0.4, -0.2) is 14.5 Å². The smallest absolute Gasteiger partial charge is 0.221 e. The molecular formula is C13H13N5. The predicted octanol–water partition coefficient (Wildman–Crippen LogP) is 1.80. The summed E-state index contributed by atoms with van der Waals surface area (Å²) in [4.78, 5) is 7.96. The summed E-state index contributed by atoms with van der Waals surface area (Å²) in [5.74, 6) is 0.592. The first kappa shape index (κ1) is 10.6. The molecule has 0 atom stereocenters. The van der Waals surface area contributed by atoms with Crippen LogP contribution in [0.3, 0.4) is 0 Å². The van der Waals surface area contributed by atoms with Crippen LogP contribution in [0.2, 0.25) is 0 Å². The van der Waals surface area contributed by atoms with Gasteiger partial charge in [0.15, 0.2) is 0 Å². The number of aromatic nitrogens is 3. The van der Waals surface area contributed by atoms with Crippen LogP contribution in [0.25, 0.3) is 22.0 Å². The molecule has 0 radical (unpaired) electrons. The molecule has 5 heteroatoms. The van der Waals surface area contributed by atoms with Gasteiger partial charge in [0.25, 0.3) is 0 Å². The van der Waals surface area contributed by atoms with Crippen molar-refractivity contribution in [2.24, 2.45) is 7.05 Å². The van der Waals surface area contributed by atoms with E-state index in [1.165, 1.54) is 5.52 Å². The molecule has 0 amide bonds. The maximum Gasteiger partial charge on any atom is 0.221 e. The molecule has 0 spiro atoms. The van der Waals surface area contributed by atoms with E-state index in [0.29, 0.717) is 5.82 Å². The number of hydrogen-bond donors (Lipinski definition) is 2. The summed E-state index contributed by atoms with van der Waals surface area (Å²) < 4.78 is 2.07. The molecule has 0 aliphatic carbocycles. The standard InChI is InChI=1S/C13H13N5/c1-18-5-4-9-6-8(2-3-11(9)18)10-7-16-13(15)17-12(10)14/h2-7H,1H3,(H4,14,15,16,17). The Morgan fingerprint density at radius 2 is 2.00 bits per heavy atom. The van der Waals surface area contributed by atoms with Crippen molar-refractivity contribution >= 4 is 22.7 Å². The molecular weight excluding hydrogens is 226 g/mol. The van der Waals surface area contributed by atoms with E-state index in [0.717, 1.165) is 16.5 Å². The summed E-state index contributed by atoms with van der Waals surface area (Å²) in [5, 5.41) is 1.16. The van der Waals surface area contributed by atoms with Crippen LogP contribution >= 0.6 is 0 Å². The predicted molar refractivity (Wildman–Crippen MR) is 72.8 cm³/mol. The van der Waals surface area contributed by atoms with E-state index >= 15 is 0 Å². The van der Waals surface area contributed by atoms with Gasteiger partial charge in [-0.1, -0.05) is 6.07 Å². The lowest BCUT2D eigenvalue weighted by Gasteiger charge is -2.05. The largest absolute Gasteiger partial charge is 0.383 e. The van der Waals surface area contributed by atoms with E-state index < -0.39 is 0 Å². The molecule has 90 valence electrons. The van der Waals surface area contributed by atoms with Crippen LogP contribution in [0.4, 0.5) is 11.8 Å². The molecule has 18 heavy (non-hydrogen) atoms. The van der Waals surface area contributed by atoms with Gasteiger partial charge in [0.1, 0.15) is 5.82 Å². The van der Waals surface area contributed by atoms with Gasteiger partial charge in [0, 0.05) is 35.9 Å². The summed E-state index contributed by atoms with van der Waals surface area (Å²) in [6.45, 7) is 0. The lowest BCUT2D eigenvalue weighted by atomic mass is 10.1. The molecule has 3 aromatic rings. The maximum absolute atomic E-state index is 5.87. The number of nitrogens with two attached hydrogens (primary N) is 2. The van der Waals surface area contributed by atoms with E-state index in [2.05, 4.69) is 32.7 Å². The third kappa shape index (κ3) is 1.57. The average molecular weight is 239 g/mol. The number of benzene rings is 1. The maximum atomic E-state index is 5.87. The molecule has 5 nitrogen and oxygen atoms in total. The van der Waals surface area contributed by atoms with Crippen LogP contribution in [0, 0.1) is 0 Å². The minimum absolute atomic E-state index is 0.192. The van der Waals surface area contributed by atoms with E-state index in [-0.39, 0.29) is 5.95 Å². The van der Waals surface area contributed by atoms with Gasteiger partial charge in [0.2, 0.25) is 5.95 Å². The molecule has 0 fully saturated rings. The lowest BCUT2D eigenvalue weighted by Crippen LogP contribution is -2.00. The van der Waals surface area contributed by atoms with Gasteiger partial charge in [-0.05, 0) is 23.8 Å². The van der Waals surface area contributed by atoms with Gasteiger partial charge in [0.05, 0.1) is 0 Å². The molecule has 1 aromatic carbocycles.